The van der Waals surface area contributed by atoms with Gasteiger partial charge in [0.25, 0.3) is 0 Å². The molecule has 2 N–H and O–H groups in total. The van der Waals surface area contributed by atoms with E-state index >= 15 is 0 Å². The second-order valence-corrected chi connectivity index (χ2v) is 3.12. The number of nitrogens with one attached hydrogen (secondary N) is 2. The molecular formula is C10H10N2O2. The molecule has 0 saturated heterocycles. The van der Waals surface area contributed by atoms with E-state index in [9.17, 15) is 9.59 Å². The average Bonchev–Trinajstić information content (AvgIpc) is 2.18. The zero-order valence-electron chi connectivity index (χ0n) is 7.70. The first kappa shape index (κ1) is 8.90. The monoisotopic (exact) mass is 190 g/mol. The molecule has 1 aliphatic heterocycles. The van der Waals surface area contributed by atoms with Gasteiger partial charge in [-0.1, -0.05) is 12.1 Å². The van der Waals surface area contributed by atoms with Gasteiger partial charge in [-0.15, -0.1) is 0 Å². The lowest BCUT2D eigenvalue weighted by Crippen LogP contribution is -2.48. The van der Waals surface area contributed by atoms with Crippen molar-refractivity contribution in [2.24, 2.45) is 0 Å². The third-order valence-corrected chi connectivity index (χ3v) is 2.26. The predicted octanol–water partition coefficient (Wildman–Crippen LogP) is 0.409. The number of carbonyl (C=O) groups excluding carboxylic acids is 2. The van der Waals surface area contributed by atoms with Crippen LogP contribution < -0.4 is 10.6 Å². The van der Waals surface area contributed by atoms with Crippen molar-refractivity contribution in [3.63, 3.8) is 0 Å². The second-order valence-electron chi connectivity index (χ2n) is 3.12. The summed E-state index contributed by atoms with van der Waals surface area (Å²) in [6.07, 6.45) is 0. The second kappa shape index (κ2) is 3.23. The number of hydrogen-bond acceptors (Lipinski definition) is 3. The van der Waals surface area contributed by atoms with Gasteiger partial charge in [-0.3, -0.25) is 9.59 Å². The molecule has 0 spiro atoms. The number of benzene rings is 1. The van der Waals surface area contributed by atoms with Crippen LogP contribution in [0, 0.1) is 0 Å². The zero-order valence-corrected chi connectivity index (χ0v) is 7.70. The van der Waals surface area contributed by atoms with Gasteiger partial charge in [0.05, 0.1) is 5.69 Å². The number of amides is 1. The maximum Gasteiger partial charge on any atom is 0.249 e. The highest BCUT2D eigenvalue weighted by Gasteiger charge is 2.32. The van der Waals surface area contributed by atoms with Crippen LogP contribution in [-0.4, -0.2) is 24.8 Å². The van der Waals surface area contributed by atoms with Crippen molar-refractivity contribution in [2.75, 3.05) is 12.4 Å². The summed E-state index contributed by atoms with van der Waals surface area (Å²) >= 11 is 0. The van der Waals surface area contributed by atoms with E-state index in [1.54, 1.807) is 31.3 Å². The van der Waals surface area contributed by atoms with Crippen molar-refractivity contribution < 1.29 is 9.59 Å². The number of ketones is 1. The predicted molar refractivity (Wildman–Crippen MR) is 52.2 cm³/mol. The highest BCUT2D eigenvalue weighted by Crippen LogP contribution is 2.21. The van der Waals surface area contributed by atoms with Crippen LogP contribution in [0.3, 0.4) is 0 Å². The Morgan fingerprint density at radius 3 is 2.71 bits per heavy atom. The summed E-state index contributed by atoms with van der Waals surface area (Å²) in [7, 11) is 1.59. The number of hydrogen-bond donors (Lipinski definition) is 2. The van der Waals surface area contributed by atoms with Crippen LogP contribution in [-0.2, 0) is 4.79 Å². The van der Waals surface area contributed by atoms with Gasteiger partial charge in [0.1, 0.15) is 0 Å². The van der Waals surface area contributed by atoms with Crippen molar-refractivity contribution in [2.45, 2.75) is 6.04 Å². The molecule has 72 valence electrons. The van der Waals surface area contributed by atoms with E-state index in [0.717, 1.165) is 0 Å². The average molecular weight is 190 g/mol. The van der Waals surface area contributed by atoms with Crippen molar-refractivity contribution in [3.05, 3.63) is 29.8 Å². The van der Waals surface area contributed by atoms with E-state index < -0.39 is 6.04 Å². The fraction of sp³-hybridized carbons (Fsp3) is 0.200. The first-order valence-electron chi connectivity index (χ1n) is 4.35. The molecule has 0 fully saturated rings. The molecule has 1 aromatic carbocycles. The van der Waals surface area contributed by atoms with Crippen LogP contribution in [0.15, 0.2) is 24.3 Å². The first-order chi connectivity index (χ1) is 6.74. The maximum atomic E-state index is 11.7. The molecular weight excluding hydrogens is 180 g/mol. The smallest absolute Gasteiger partial charge is 0.249 e. The van der Waals surface area contributed by atoms with Gasteiger partial charge in [0.2, 0.25) is 5.91 Å². The van der Waals surface area contributed by atoms with Crippen molar-refractivity contribution >= 4 is 17.4 Å². The number of anilines is 1. The third-order valence-electron chi connectivity index (χ3n) is 2.26. The Balaban J connectivity index is 2.49. The molecule has 0 bridgehead atoms. The SMILES string of the molecule is CN[C@@H]1C(=O)Nc2ccccc2C1=O. The molecule has 1 atom stereocenters. The largest absolute Gasteiger partial charge is 0.324 e. The van der Waals surface area contributed by atoms with Gasteiger partial charge in [-0.05, 0) is 19.2 Å². The van der Waals surface area contributed by atoms with E-state index in [-0.39, 0.29) is 11.7 Å². The van der Waals surface area contributed by atoms with E-state index in [0.29, 0.717) is 11.3 Å². The Morgan fingerprint density at radius 1 is 1.29 bits per heavy atom. The molecule has 1 amide bonds. The van der Waals surface area contributed by atoms with E-state index in [4.69, 9.17) is 0 Å². The highest BCUT2D eigenvalue weighted by atomic mass is 16.2. The van der Waals surface area contributed by atoms with Gasteiger partial charge < -0.3 is 10.6 Å². The molecule has 4 heteroatoms. The molecule has 0 aromatic heterocycles. The van der Waals surface area contributed by atoms with Crippen LogP contribution in [0.1, 0.15) is 10.4 Å². The Bertz CT molecular complexity index is 401. The molecule has 4 nitrogen and oxygen atoms in total. The van der Waals surface area contributed by atoms with Gasteiger partial charge >= 0.3 is 0 Å². The summed E-state index contributed by atoms with van der Waals surface area (Å²) in [6.45, 7) is 0. The molecule has 1 heterocycles. The fourth-order valence-corrected chi connectivity index (χ4v) is 1.55. The van der Waals surface area contributed by atoms with Crippen LogP contribution in [0.2, 0.25) is 0 Å². The molecule has 1 aliphatic rings. The Labute approximate surface area is 81.3 Å². The van der Waals surface area contributed by atoms with Crippen LogP contribution in [0.4, 0.5) is 5.69 Å². The molecule has 0 radical (unpaired) electrons. The summed E-state index contributed by atoms with van der Waals surface area (Å²) in [5, 5.41) is 5.35. The topological polar surface area (TPSA) is 58.2 Å². The summed E-state index contributed by atoms with van der Waals surface area (Å²) in [5.41, 5.74) is 1.15. The van der Waals surface area contributed by atoms with Gasteiger partial charge in [0.15, 0.2) is 11.8 Å². The number of fused-ring (bicyclic) bond motifs is 1. The van der Waals surface area contributed by atoms with E-state index in [1.807, 2.05) is 0 Å². The van der Waals surface area contributed by atoms with Gasteiger partial charge in [-0.2, -0.15) is 0 Å². The number of rotatable bonds is 1. The summed E-state index contributed by atoms with van der Waals surface area (Å²) < 4.78 is 0. The zero-order chi connectivity index (χ0) is 10.1. The number of para-hydroxylation sites is 1. The normalized spacial score (nSPS) is 20.2. The fourth-order valence-electron chi connectivity index (χ4n) is 1.55. The molecule has 0 saturated carbocycles. The number of carbonyl (C=O) groups is 2. The van der Waals surface area contributed by atoms with Crippen LogP contribution >= 0.6 is 0 Å². The van der Waals surface area contributed by atoms with Crippen LogP contribution in [0.25, 0.3) is 0 Å². The number of Topliss-reactive ketones (excluding diaryl/α,β-unsaturated/α-hetero) is 1. The lowest BCUT2D eigenvalue weighted by molar-refractivity contribution is -0.117. The van der Waals surface area contributed by atoms with E-state index in [2.05, 4.69) is 10.6 Å². The lowest BCUT2D eigenvalue weighted by atomic mass is 9.98. The third kappa shape index (κ3) is 1.20. The molecule has 14 heavy (non-hydrogen) atoms. The maximum absolute atomic E-state index is 11.7. The Kier molecular flexibility index (Phi) is 2.05. The summed E-state index contributed by atoms with van der Waals surface area (Å²) in [5.74, 6) is -0.469. The summed E-state index contributed by atoms with van der Waals surface area (Å²) in [6, 6.07) is 6.23. The Hall–Kier alpha value is -1.68. The van der Waals surface area contributed by atoms with Crippen molar-refractivity contribution in [1.29, 1.82) is 0 Å². The minimum Gasteiger partial charge on any atom is -0.324 e. The van der Waals surface area contributed by atoms with Gasteiger partial charge in [-0.25, -0.2) is 0 Å². The standard InChI is InChI=1S/C10H10N2O2/c1-11-8-9(13)6-4-2-3-5-7(6)12-10(8)14/h2-5,8,11H,1H3,(H,12,14)/t8-/m0/s1. The highest BCUT2D eigenvalue weighted by molar-refractivity contribution is 6.23. The minimum atomic E-state index is -0.759. The Morgan fingerprint density at radius 2 is 2.00 bits per heavy atom. The van der Waals surface area contributed by atoms with Crippen molar-refractivity contribution in [1.82, 2.24) is 5.32 Å². The quantitative estimate of drug-likeness (QED) is 0.630. The van der Waals surface area contributed by atoms with E-state index in [1.165, 1.54) is 0 Å². The molecule has 2 rings (SSSR count). The minimum absolute atomic E-state index is 0.174. The number of likely N-dealkylation sites (N-methyl/N-ethyl adjacent to an activating group) is 1. The molecule has 0 aliphatic carbocycles. The summed E-state index contributed by atoms with van der Waals surface area (Å²) in [4.78, 5) is 23.1. The van der Waals surface area contributed by atoms with Crippen LogP contribution in [0.5, 0.6) is 0 Å². The first-order valence-corrected chi connectivity index (χ1v) is 4.35. The molecule has 0 unspecified atom stereocenters. The van der Waals surface area contributed by atoms with Gasteiger partial charge in [0, 0.05) is 5.56 Å². The molecule has 1 aromatic rings. The van der Waals surface area contributed by atoms with Crippen molar-refractivity contribution in [3.8, 4) is 0 Å². The lowest BCUT2D eigenvalue weighted by Gasteiger charge is -2.22.